The van der Waals surface area contributed by atoms with E-state index >= 15 is 0 Å². The minimum Gasteiger partial charge on any atom is -0.288 e. The lowest BCUT2D eigenvalue weighted by atomic mass is 10.1. The molecule has 2 aromatic heterocycles. The monoisotopic (exact) mass is 357 g/mol. The van der Waals surface area contributed by atoms with Crippen molar-refractivity contribution in [2.45, 2.75) is 19.9 Å². The number of rotatable bonds is 4. The summed E-state index contributed by atoms with van der Waals surface area (Å²) in [7, 11) is 0. The molecular formula is C22H19N3O2. The molecule has 0 atom stereocenters. The summed E-state index contributed by atoms with van der Waals surface area (Å²) in [4.78, 5) is 30.4. The van der Waals surface area contributed by atoms with Crippen LogP contribution in [0.3, 0.4) is 0 Å². The van der Waals surface area contributed by atoms with E-state index < -0.39 is 0 Å². The zero-order chi connectivity index (χ0) is 18.8. The molecule has 5 heteroatoms. The summed E-state index contributed by atoms with van der Waals surface area (Å²) in [6.45, 7) is 2.42. The van der Waals surface area contributed by atoms with E-state index in [9.17, 15) is 9.59 Å². The van der Waals surface area contributed by atoms with Crippen molar-refractivity contribution in [3.8, 4) is 5.69 Å². The Labute approximate surface area is 156 Å². The summed E-state index contributed by atoms with van der Waals surface area (Å²) in [5.74, 6) is 0. The number of aryl methyl sites for hydroxylation is 1. The Balaban J connectivity index is 1.99. The van der Waals surface area contributed by atoms with Gasteiger partial charge in [-0.15, -0.1) is 0 Å². The normalized spacial score (nSPS) is 11.0. The second-order valence-electron chi connectivity index (χ2n) is 6.41. The number of hydrogen-bond donors (Lipinski definition) is 0. The predicted octanol–water partition coefficient (Wildman–Crippen LogP) is 3.16. The third-order valence-corrected chi connectivity index (χ3v) is 4.72. The van der Waals surface area contributed by atoms with Gasteiger partial charge >= 0.3 is 5.69 Å². The van der Waals surface area contributed by atoms with Gasteiger partial charge in [-0.2, -0.15) is 0 Å². The minimum atomic E-state index is -0.355. The molecule has 5 nitrogen and oxygen atoms in total. The van der Waals surface area contributed by atoms with E-state index in [1.165, 1.54) is 4.57 Å². The van der Waals surface area contributed by atoms with Crippen LogP contribution in [0.1, 0.15) is 18.1 Å². The van der Waals surface area contributed by atoms with E-state index in [0.29, 0.717) is 23.1 Å². The van der Waals surface area contributed by atoms with E-state index in [1.807, 2.05) is 48.5 Å². The number of fused-ring (bicyclic) bond motifs is 1. The summed E-state index contributed by atoms with van der Waals surface area (Å²) in [6, 6.07) is 18.5. The molecule has 2 heterocycles. The molecule has 134 valence electrons. The molecule has 0 aliphatic heterocycles. The van der Waals surface area contributed by atoms with Crippen LogP contribution in [0.2, 0.25) is 0 Å². The molecule has 0 bridgehead atoms. The van der Waals surface area contributed by atoms with Crippen molar-refractivity contribution in [1.82, 2.24) is 14.1 Å². The molecule has 0 unspecified atom stereocenters. The van der Waals surface area contributed by atoms with E-state index in [0.717, 1.165) is 17.5 Å². The number of para-hydroxylation sites is 1. The molecule has 0 fully saturated rings. The standard InChI is InChI=1S/C22H19N3O2/c1-2-16-9-11-18(12-10-16)25-21(26)19-7-3-4-8-20(19)24(22(25)27)15-17-6-5-13-23-14-17/h3-14H,2,15H2,1H3. The Bertz CT molecular complexity index is 1210. The second-order valence-corrected chi connectivity index (χ2v) is 6.41. The topological polar surface area (TPSA) is 56.9 Å². The first kappa shape index (κ1) is 17.0. The number of nitrogens with zero attached hydrogens (tertiary/aromatic N) is 3. The molecule has 0 N–H and O–H groups in total. The molecule has 0 spiro atoms. The van der Waals surface area contributed by atoms with Crippen LogP contribution >= 0.6 is 0 Å². The van der Waals surface area contributed by atoms with Gasteiger partial charge in [0.15, 0.2) is 0 Å². The zero-order valence-electron chi connectivity index (χ0n) is 15.0. The SMILES string of the molecule is CCc1ccc(-n2c(=O)c3ccccc3n(Cc3cccnc3)c2=O)cc1. The zero-order valence-corrected chi connectivity index (χ0v) is 15.0. The highest BCUT2D eigenvalue weighted by molar-refractivity contribution is 5.78. The average molecular weight is 357 g/mol. The fourth-order valence-corrected chi connectivity index (χ4v) is 3.26. The quantitative estimate of drug-likeness (QED) is 0.564. The first-order valence-electron chi connectivity index (χ1n) is 8.92. The maximum atomic E-state index is 13.3. The van der Waals surface area contributed by atoms with Gasteiger partial charge in [-0.3, -0.25) is 14.3 Å². The van der Waals surface area contributed by atoms with E-state index in [2.05, 4.69) is 11.9 Å². The van der Waals surface area contributed by atoms with Crippen LogP contribution in [0.4, 0.5) is 0 Å². The molecular weight excluding hydrogens is 338 g/mol. The lowest BCUT2D eigenvalue weighted by molar-refractivity contribution is 0.712. The van der Waals surface area contributed by atoms with Crippen molar-refractivity contribution in [1.29, 1.82) is 0 Å². The molecule has 0 saturated carbocycles. The molecule has 27 heavy (non-hydrogen) atoms. The second kappa shape index (κ2) is 7.03. The van der Waals surface area contributed by atoms with Gasteiger partial charge in [0.1, 0.15) is 0 Å². The molecule has 4 rings (SSSR count). The molecule has 0 radical (unpaired) electrons. The van der Waals surface area contributed by atoms with Crippen LogP contribution in [0.25, 0.3) is 16.6 Å². The van der Waals surface area contributed by atoms with Gasteiger partial charge in [0.05, 0.1) is 23.1 Å². The Hall–Kier alpha value is -3.47. The van der Waals surface area contributed by atoms with Crippen LogP contribution in [0.15, 0.2) is 82.6 Å². The van der Waals surface area contributed by atoms with E-state index in [4.69, 9.17) is 0 Å². The first-order valence-corrected chi connectivity index (χ1v) is 8.92. The van der Waals surface area contributed by atoms with Crippen molar-refractivity contribution in [3.63, 3.8) is 0 Å². The lowest BCUT2D eigenvalue weighted by Crippen LogP contribution is -2.39. The Morgan fingerprint density at radius 2 is 1.67 bits per heavy atom. The third-order valence-electron chi connectivity index (χ3n) is 4.72. The molecule has 0 aliphatic carbocycles. The lowest BCUT2D eigenvalue weighted by Gasteiger charge is -2.14. The molecule has 0 saturated heterocycles. The molecule has 0 amide bonds. The Kier molecular flexibility index (Phi) is 4.42. The van der Waals surface area contributed by atoms with Gasteiger partial charge < -0.3 is 0 Å². The summed E-state index contributed by atoms with van der Waals surface area (Å²) in [6.07, 6.45) is 4.32. The first-order chi connectivity index (χ1) is 13.2. The molecule has 0 aliphatic rings. The van der Waals surface area contributed by atoms with E-state index in [-0.39, 0.29) is 11.2 Å². The number of aromatic nitrogens is 3. The maximum absolute atomic E-state index is 13.3. The summed E-state index contributed by atoms with van der Waals surface area (Å²) >= 11 is 0. The van der Waals surface area contributed by atoms with Crippen LogP contribution in [0.5, 0.6) is 0 Å². The van der Waals surface area contributed by atoms with Crippen molar-refractivity contribution in [3.05, 3.63) is 105 Å². The smallest absolute Gasteiger partial charge is 0.288 e. The third kappa shape index (κ3) is 3.08. The van der Waals surface area contributed by atoms with Crippen LogP contribution < -0.4 is 11.2 Å². The number of hydrogen-bond acceptors (Lipinski definition) is 3. The van der Waals surface area contributed by atoms with E-state index in [1.54, 1.807) is 29.1 Å². The summed E-state index contributed by atoms with van der Waals surface area (Å²) in [5.41, 5.74) is 2.60. The van der Waals surface area contributed by atoms with Crippen molar-refractivity contribution >= 4 is 10.9 Å². The molecule has 2 aromatic carbocycles. The minimum absolute atomic E-state index is 0.303. The van der Waals surface area contributed by atoms with Gasteiger partial charge in [0, 0.05) is 12.4 Å². The fraction of sp³-hybridized carbons (Fsp3) is 0.136. The predicted molar refractivity (Wildman–Crippen MR) is 107 cm³/mol. The van der Waals surface area contributed by atoms with Crippen molar-refractivity contribution < 1.29 is 0 Å². The van der Waals surface area contributed by atoms with Crippen LogP contribution in [-0.2, 0) is 13.0 Å². The van der Waals surface area contributed by atoms with Gasteiger partial charge in [0.25, 0.3) is 5.56 Å². The van der Waals surface area contributed by atoms with Crippen LogP contribution in [-0.4, -0.2) is 14.1 Å². The number of pyridine rings is 1. The van der Waals surface area contributed by atoms with Crippen LogP contribution in [0, 0.1) is 0 Å². The van der Waals surface area contributed by atoms with Gasteiger partial charge in [-0.25, -0.2) is 9.36 Å². The summed E-state index contributed by atoms with van der Waals surface area (Å²) < 4.78 is 2.87. The Morgan fingerprint density at radius 3 is 2.37 bits per heavy atom. The van der Waals surface area contributed by atoms with Gasteiger partial charge in [-0.05, 0) is 47.9 Å². The van der Waals surface area contributed by atoms with Gasteiger partial charge in [-0.1, -0.05) is 37.3 Å². The fourth-order valence-electron chi connectivity index (χ4n) is 3.26. The highest BCUT2D eigenvalue weighted by Gasteiger charge is 2.14. The highest BCUT2D eigenvalue weighted by atomic mass is 16.2. The Morgan fingerprint density at radius 1 is 0.889 bits per heavy atom. The maximum Gasteiger partial charge on any atom is 0.336 e. The highest BCUT2D eigenvalue weighted by Crippen LogP contribution is 2.13. The van der Waals surface area contributed by atoms with Crippen molar-refractivity contribution in [2.24, 2.45) is 0 Å². The average Bonchev–Trinajstić information content (AvgIpc) is 2.72. The number of benzene rings is 2. The molecule has 4 aromatic rings. The summed E-state index contributed by atoms with van der Waals surface area (Å²) in [5, 5.41) is 0.514. The largest absolute Gasteiger partial charge is 0.336 e. The van der Waals surface area contributed by atoms with Gasteiger partial charge in [0.2, 0.25) is 0 Å². The van der Waals surface area contributed by atoms with Crippen molar-refractivity contribution in [2.75, 3.05) is 0 Å².